The highest BCUT2D eigenvalue weighted by molar-refractivity contribution is 7.92. The van der Waals surface area contributed by atoms with Crippen molar-refractivity contribution in [3.63, 3.8) is 0 Å². The van der Waals surface area contributed by atoms with Crippen LogP contribution in [0.3, 0.4) is 0 Å². The van der Waals surface area contributed by atoms with Gasteiger partial charge in [0.15, 0.2) is 0 Å². The number of hydrogen-bond acceptors (Lipinski definition) is 3. The lowest BCUT2D eigenvalue weighted by molar-refractivity contribution is 0.102. The second-order valence-electron chi connectivity index (χ2n) is 6.39. The van der Waals surface area contributed by atoms with Crippen molar-refractivity contribution in [3.05, 3.63) is 89.2 Å². The fourth-order valence-electron chi connectivity index (χ4n) is 2.65. The lowest BCUT2D eigenvalue weighted by Gasteiger charge is -2.12. The van der Waals surface area contributed by atoms with Crippen molar-refractivity contribution in [3.8, 4) is 0 Å². The van der Waals surface area contributed by atoms with E-state index in [0.29, 0.717) is 11.3 Å². The van der Waals surface area contributed by atoms with Crippen molar-refractivity contribution in [2.45, 2.75) is 18.7 Å². The van der Waals surface area contributed by atoms with Gasteiger partial charge in [-0.05, 0) is 67.4 Å². The number of hydrogen-bond donors (Lipinski definition) is 2. The van der Waals surface area contributed by atoms with E-state index in [1.54, 1.807) is 25.1 Å². The number of para-hydroxylation sites is 1. The van der Waals surface area contributed by atoms with E-state index in [2.05, 4.69) is 10.0 Å². The number of nitrogens with one attached hydrogen (secondary N) is 2. The quantitative estimate of drug-likeness (QED) is 0.665. The van der Waals surface area contributed by atoms with E-state index >= 15 is 0 Å². The van der Waals surface area contributed by atoms with E-state index in [4.69, 9.17) is 0 Å². The summed E-state index contributed by atoms with van der Waals surface area (Å²) in [6.07, 6.45) is 0. The molecule has 0 spiro atoms. The van der Waals surface area contributed by atoms with E-state index in [1.165, 1.54) is 42.5 Å². The Balaban J connectivity index is 1.76. The van der Waals surface area contributed by atoms with Crippen LogP contribution in [0.4, 0.5) is 15.8 Å². The average Bonchev–Trinajstić information content (AvgIpc) is 2.65. The summed E-state index contributed by atoms with van der Waals surface area (Å²) in [4.78, 5) is 12.5. The van der Waals surface area contributed by atoms with Gasteiger partial charge in [0.25, 0.3) is 15.9 Å². The molecule has 3 rings (SSSR count). The third-order valence-electron chi connectivity index (χ3n) is 4.15. The maximum atomic E-state index is 13.6. The SMILES string of the molecule is Cc1ccc(C)c(S(=O)(=O)Nc2ccc(C(=O)Nc3ccccc3F)cc2)c1. The van der Waals surface area contributed by atoms with E-state index < -0.39 is 21.7 Å². The first-order chi connectivity index (χ1) is 13.3. The highest BCUT2D eigenvalue weighted by Crippen LogP contribution is 2.21. The summed E-state index contributed by atoms with van der Waals surface area (Å²) in [5.74, 6) is -1.03. The smallest absolute Gasteiger partial charge is 0.262 e. The van der Waals surface area contributed by atoms with Gasteiger partial charge in [-0.15, -0.1) is 0 Å². The van der Waals surface area contributed by atoms with Gasteiger partial charge >= 0.3 is 0 Å². The summed E-state index contributed by atoms with van der Waals surface area (Å²) in [6, 6.07) is 17.0. The number of sulfonamides is 1. The zero-order valence-corrected chi connectivity index (χ0v) is 16.2. The Kier molecular flexibility index (Phi) is 5.46. The summed E-state index contributed by atoms with van der Waals surface area (Å²) in [5, 5.41) is 2.48. The molecule has 3 aromatic rings. The zero-order valence-electron chi connectivity index (χ0n) is 15.4. The second kappa shape index (κ2) is 7.82. The molecule has 28 heavy (non-hydrogen) atoms. The monoisotopic (exact) mass is 398 g/mol. The Morgan fingerprint density at radius 3 is 2.29 bits per heavy atom. The molecule has 0 radical (unpaired) electrons. The number of carbonyl (C=O) groups is 1. The predicted octanol–water partition coefficient (Wildman–Crippen LogP) is 4.50. The van der Waals surface area contributed by atoms with Crippen molar-refractivity contribution >= 4 is 27.3 Å². The van der Waals surface area contributed by atoms with E-state index in [1.807, 2.05) is 13.0 Å². The third-order valence-corrected chi connectivity index (χ3v) is 5.68. The van der Waals surface area contributed by atoms with Crippen molar-refractivity contribution in [2.24, 2.45) is 0 Å². The molecule has 0 aliphatic heterocycles. The minimum absolute atomic E-state index is 0.0761. The summed E-state index contributed by atoms with van der Waals surface area (Å²) in [5.41, 5.74) is 2.15. The molecule has 2 N–H and O–H groups in total. The van der Waals surface area contributed by atoms with Crippen LogP contribution in [-0.2, 0) is 10.0 Å². The molecule has 0 fully saturated rings. The molecular formula is C21H19FN2O3S. The number of halogens is 1. The van der Waals surface area contributed by atoms with Gasteiger partial charge in [-0.25, -0.2) is 12.8 Å². The molecule has 0 aromatic heterocycles. The Hall–Kier alpha value is -3.19. The van der Waals surface area contributed by atoms with Crippen LogP contribution in [0.15, 0.2) is 71.6 Å². The van der Waals surface area contributed by atoms with Crippen molar-refractivity contribution in [2.75, 3.05) is 10.0 Å². The lowest BCUT2D eigenvalue weighted by atomic mass is 10.2. The van der Waals surface area contributed by atoms with Gasteiger partial charge in [0.05, 0.1) is 10.6 Å². The van der Waals surface area contributed by atoms with Crippen LogP contribution in [0.5, 0.6) is 0 Å². The summed E-state index contributed by atoms with van der Waals surface area (Å²) >= 11 is 0. The minimum atomic E-state index is -3.75. The first kappa shape index (κ1) is 19.6. The molecule has 7 heteroatoms. The van der Waals surface area contributed by atoms with Crippen LogP contribution >= 0.6 is 0 Å². The van der Waals surface area contributed by atoms with Crippen LogP contribution in [0, 0.1) is 19.7 Å². The average molecular weight is 398 g/mol. The van der Waals surface area contributed by atoms with Gasteiger partial charge in [0.2, 0.25) is 0 Å². The number of amides is 1. The van der Waals surface area contributed by atoms with Crippen LogP contribution in [0.2, 0.25) is 0 Å². The molecule has 3 aromatic carbocycles. The Morgan fingerprint density at radius 1 is 0.929 bits per heavy atom. The summed E-state index contributed by atoms with van der Waals surface area (Å²) in [6.45, 7) is 3.55. The van der Waals surface area contributed by atoms with Crippen molar-refractivity contribution in [1.82, 2.24) is 0 Å². The molecular weight excluding hydrogens is 379 g/mol. The van der Waals surface area contributed by atoms with Crippen LogP contribution in [-0.4, -0.2) is 14.3 Å². The number of carbonyl (C=O) groups excluding carboxylic acids is 1. The zero-order chi connectivity index (χ0) is 20.3. The summed E-state index contributed by atoms with van der Waals surface area (Å²) in [7, 11) is -3.75. The molecule has 144 valence electrons. The van der Waals surface area contributed by atoms with Crippen LogP contribution < -0.4 is 10.0 Å². The van der Waals surface area contributed by atoms with Crippen LogP contribution in [0.25, 0.3) is 0 Å². The largest absolute Gasteiger partial charge is 0.319 e. The van der Waals surface area contributed by atoms with Gasteiger partial charge < -0.3 is 5.32 Å². The molecule has 0 bridgehead atoms. The fourth-order valence-corrected chi connectivity index (χ4v) is 4.04. The Labute approximate surface area is 163 Å². The molecule has 1 amide bonds. The summed E-state index contributed by atoms with van der Waals surface area (Å²) < 4.78 is 41.4. The highest BCUT2D eigenvalue weighted by atomic mass is 32.2. The molecule has 0 aliphatic rings. The van der Waals surface area contributed by atoms with Gasteiger partial charge in [-0.3, -0.25) is 9.52 Å². The Morgan fingerprint density at radius 2 is 1.61 bits per heavy atom. The Bertz CT molecular complexity index is 1130. The molecule has 5 nitrogen and oxygen atoms in total. The second-order valence-corrected chi connectivity index (χ2v) is 8.04. The minimum Gasteiger partial charge on any atom is -0.319 e. The first-order valence-electron chi connectivity index (χ1n) is 8.52. The number of aryl methyl sites for hydroxylation is 2. The van der Waals surface area contributed by atoms with E-state index in [-0.39, 0.29) is 16.1 Å². The maximum absolute atomic E-state index is 13.6. The van der Waals surface area contributed by atoms with E-state index in [9.17, 15) is 17.6 Å². The third kappa shape index (κ3) is 4.37. The van der Waals surface area contributed by atoms with E-state index in [0.717, 1.165) is 5.56 Å². The van der Waals surface area contributed by atoms with Crippen molar-refractivity contribution in [1.29, 1.82) is 0 Å². The molecule has 0 atom stereocenters. The highest BCUT2D eigenvalue weighted by Gasteiger charge is 2.17. The number of rotatable bonds is 5. The number of anilines is 2. The van der Waals surface area contributed by atoms with Crippen molar-refractivity contribution < 1.29 is 17.6 Å². The predicted molar refractivity (Wildman–Crippen MR) is 108 cm³/mol. The normalized spacial score (nSPS) is 11.1. The molecule has 0 unspecified atom stereocenters. The fraction of sp³-hybridized carbons (Fsp3) is 0.0952. The maximum Gasteiger partial charge on any atom is 0.262 e. The van der Waals surface area contributed by atoms with Gasteiger partial charge in [0, 0.05) is 11.3 Å². The van der Waals surface area contributed by atoms with Gasteiger partial charge in [0.1, 0.15) is 5.82 Å². The molecule has 0 saturated carbocycles. The standard InChI is InChI=1S/C21H19FN2O3S/c1-14-7-8-15(2)20(13-14)28(26,27)24-17-11-9-16(10-12-17)21(25)23-19-6-4-3-5-18(19)22/h3-13,24H,1-2H3,(H,23,25). The molecule has 0 aliphatic carbocycles. The molecule has 0 heterocycles. The van der Waals surface area contributed by atoms with Crippen LogP contribution in [0.1, 0.15) is 21.5 Å². The first-order valence-corrected chi connectivity index (χ1v) is 10.0. The van der Waals surface area contributed by atoms with Gasteiger partial charge in [-0.1, -0.05) is 24.3 Å². The van der Waals surface area contributed by atoms with Gasteiger partial charge in [-0.2, -0.15) is 0 Å². The lowest BCUT2D eigenvalue weighted by Crippen LogP contribution is -2.15. The molecule has 0 saturated heterocycles. The topological polar surface area (TPSA) is 75.3 Å². The number of benzene rings is 3.